The zero-order valence-electron chi connectivity index (χ0n) is 15.1. The molecule has 3 rings (SSSR count). The van der Waals surface area contributed by atoms with E-state index >= 15 is 0 Å². The first-order chi connectivity index (χ1) is 12.4. The lowest BCUT2D eigenvalue weighted by Crippen LogP contribution is -2.46. The van der Waals surface area contributed by atoms with Gasteiger partial charge in [0.1, 0.15) is 0 Å². The van der Waals surface area contributed by atoms with Crippen molar-refractivity contribution < 1.29 is 8.42 Å². The Hall–Kier alpha value is -1.76. The third kappa shape index (κ3) is 4.31. The number of anilines is 2. The van der Waals surface area contributed by atoms with Crippen molar-refractivity contribution in [3.63, 3.8) is 0 Å². The molecule has 5 nitrogen and oxygen atoms in total. The van der Waals surface area contributed by atoms with Crippen LogP contribution in [0.5, 0.6) is 0 Å². The predicted molar refractivity (Wildman–Crippen MR) is 108 cm³/mol. The van der Waals surface area contributed by atoms with Crippen LogP contribution in [0.25, 0.3) is 0 Å². The number of benzene rings is 2. The van der Waals surface area contributed by atoms with Gasteiger partial charge in [-0.25, -0.2) is 8.42 Å². The normalized spacial score (nSPS) is 15.9. The van der Waals surface area contributed by atoms with Gasteiger partial charge in [-0.2, -0.15) is 0 Å². The molecule has 0 radical (unpaired) electrons. The van der Waals surface area contributed by atoms with E-state index in [-0.39, 0.29) is 4.90 Å². The molecule has 0 aliphatic carbocycles. The summed E-state index contributed by atoms with van der Waals surface area (Å²) in [4.78, 5) is 4.98. The molecule has 1 N–H and O–H groups in total. The lowest BCUT2D eigenvalue weighted by Gasteiger charge is -2.36. The Labute approximate surface area is 160 Å². The third-order valence-electron chi connectivity index (χ3n) is 4.73. The molecule has 2 aromatic rings. The Balaban J connectivity index is 1.74. The molecule has 1 aliphatic rings. The number of hydrogen-bond donors (Lipinski definition) is 1. The van der Waals surface area contributed by atoms with Crippen molar-refractivity contribution in [2.75, 3.05) is 42.3 Å². The van der Waals surface area contributed by atoms with Crippen molar-refractivity contribution in [3.05, 3.63) is 53.1 Å². The first-order valence-electron chi connectivity index (χ1n) is 8.75. The minimum atomic E-state index is -3.62. The second kappa shape index (κ2) is 7.86. The van der Waals surface area contributed by atoms with Crippen molar-refractivity contribution in [1.82, 2.24) is 4.90 Å². The second-order valence-electron chi connectivity index (χ2n) is 6.48. The maximum Gasteiger partial charge on any atom is 0.261 e. The largest absolute Gasteiger partial charge is 0.369 e. The van der Waals surface area contributed by atoms with Crippen LogP contribution in [0.3, 0.4) is 0 Å². The van der Waals surface area contributed by atoms with Crippen molar-refractivity contribution in [2.24, 2.45) is 0 Å². The van der Waals surface area contributed by atoms with Gasteiger partial charge < -0.3 is 9.80 Å². The van der Waals surface area contributed by atoms with Crippen LogP contribution >= 0.6 is 11.6 Å². The maximum atomic E-state index is 12.5. The highest BCUT2D eigenvalue weighted by atomic mass is 35.5. The molecule has 0 unspecified atom stereocenters. The van der Waals surface area contributed by atoms with Gasteiger partial charge in [0.05, 0.1) is 4.90 Å². The van der Waals surface area contributed by atoms with Crippen LogP contribution in [-0.4, -0.2) is 46.0 Å². The Morgan fingerprint density at radius 2 is 1.69 bits per heavy atom. The number of aryl methyl sites for hydroxylation is 1. The quantitative estimate of drug-likeness (QED) is 0.843. The van der Waals surface area contributed by atoms with E-state index in [0.29, 0.717) is 10.7 Å². The van der Waals surface area contributed by atoms with E-state index in [2.05, 4.69) is 21.4 Å². The van der Waals surface area contributed by atoms with Gasteiger partial charge in [0, 0.05) is 42.6 Å². The average Bonchev–Trinajstić information content (AvgIpc) is 2.62. The smallest absolute Gasteiger partial charge is 0.261 e. The fourth-order valence-electron chi connectivity index (χ4n) is 3.21. The molecule has 0 saturated carbocycles. The van der Waals surface area contributed by atoms with Gasteiger partial charge in [0.2, 0.25) is 0 Å². The van der Waals surface area contributed by atoms with Crippen LogP contribution in [0.4, 0.5) is 11.4 Å². The molecule has 0 atom stereocenters. The van der Waals surface area contributed by atoms with Gasteiger partial charge in [-0.1, -0.05) is 18.5 Å². The fraction of sp³-hybridized carbons (Fsp3) is 0.368. The fourth-order valence-corrected chi connectivity index (χ4v) is 4.38. The SMILES string of the molecule is CCN1CCN(c2ccc(NS(=O)(=O)c3ccc(Cl)cc3)cc2C)CC1. The van der Waals surface area contributed by atoms with E-state index in [4.69, 9.17) is 11.6 Å². The number of likely N-dealkylation sites (N-methyl/N-ethyl adjacent to an activating group) is 1. The molecule has 0 bridgehead atoms. The minimum Gasteiger partial charge on any atom is -0.369 e. The van der Waals surface area contributed by atoms with E-state index in [1.165, 1.54) is 12.1 Å². The van der Waals surface area contributed by atoms with Crippen LogP contribution < -0.4 is 9.62 Å². The Bertz CT molecular complexity index is 861. The number of piperazine rings is 1. The molecule has 1 fully saturated rings. The molecule has 1 saturated heterocycles. The van der Waals surface area contributed by atoms with Crippen molar-refractivity contribution in [3.8, 4) is 0 Å². The summed E-state index contributed by atoms with van der Waals surface area (Å²) in [6.07, 6.45) is 0. The highest BCUT2D eigenvalue weighted by Crippen LogP contribution is 2.26. The highest BCUT2D eigenvalue weighted by Gasteiger charge is 2.18. The number of halogens is 1. The summed E-state index contributed by atoms with van der Waals surface area (Å²) < 4.78 is 27.7. The summed E-state index contributed by atoms with van der Waals surface area (Å²) >= 11 is 5.83. The molecule has 26 heavy (non-hydrogen) atoms. The Morgan fingerprint density at radius 3 is 2.27 bits per heavy atom. The standard InChI is InChI=1S/C19H24ClN3O2S/c1-3-22-10-12-23(13-11-22)19-9-6-17(14-15(19)2)21-26(24,25)18-7-4-16(20)5-8-18/h4-9,14,21H,3,10-13H2,1-2H3. The van der Waals surface area contributed by atoms with Crippen LogP contribution in [0.2, 0.25) is 5.02 Å². The van der Waals surface area contributed by atoms with Crippen LogP contribution in [-0.2, 0) is 10.0 Å². The molecule has 140 valence electrons. The number of hydrogen-bond acceptors (Lipinski definition) is 4. The molecule has 0 amide bonds. The molecular formula is C19H24ClN3O2S. The summed E-state index contributed by atoms with van der Waals surface area (Å²) in [5.74, 6) is 0. The van der Waals surface area contributed by atoms with E-state index in [0.717, 1.165) is 44.0 Å². The lowest BCUT2D eigenvalue weighted by atomic mass is 10.1. The van der Waals surface area contributed by atoms with Crippen molar-refractivity contribution in [1.29, 1.82) is 0 Å². The minimum absolute atomic E-state index is 0.194. The van der Waals surface area contributed by atoms with E-state index in [1.807, 2.05) is 25.1 Å². The van der Waals surface area contributed by atoms with Gasteiger partial charge in [-0.3, -0.25) is 4.72 Å². The second-order valence-corrected chi connectivity index (χ2v) is 8.60. The van der Waals surface area contributed by atoms with Crippen LogP contribution in [0, 0.1) is 6.92 Å². The molecular weight excluding hydrogens is 370 g/mol. The molecule has 1 heterocycles. The summed E-state index contributed by atoms with van der Waals surface area (Å²) in [5, 5.41) is 0.507. The van der Waals surface area contributed by atoms with Gasteiger partial charge in [-0.05, 0) is 61.5 Å². The number of nitrogens with zero attached hydrogens (tertiary/aromatic N) is 2. The molecule has 2 aromatic carbocycles. The van der Waals surface area contributed by atoms with Gasteiger partial charge in [0.25, 0.3) is 10.0 Å². The first kappa shape index (κ1) is 19.0. The molecule has 0 aromatic heterocycles. The highest BCUT2D eigenvalue weighted by molar-refractivity contribution is 7.92. The summed E-state index contributed by atoms with van der Waals surface area (Å²) in [6, 6.07) is 11.8. The Kier molecular flexibility index (Phi) is 5.75. The van der Waals surface area contributed by atoms with E-state index in [9.17, 15) is 8.42 Å². The first-order valence-corrected chi connectivity index (χ1v) is 10.6. The zero-order valence-corrected chi connectivity index (χ0v) is 16.6. The zero-order chi connectivity index (χ0) is 18.7. The molecule has 7 heteroatoms. The van der Waals surface area contributed by atoms with Crippen LogP contribution in [0.15, 0.2) is 47.4 Å². The van der Waals surface area contributed by atoms with Gasteiger partial charge >= 0.3 is 0 Å². The summed E-state index contributed by atoms with van der Waals surface area (Å²) in [5.41, 5.74) is 2.79. The maximum absolute atomic E-state index is 12.5. The molecule has 0 spiro atoms. The van der Waals surface area contributed by atoms with Crippen molar-refractivity contribution >= 4 is 33.0 Å². The van der Waals surface area contributed by atoms with E-state index < -0.39 is 10.0 Å². The third-order valence-corrected chi connectivity index (χ3v) is 6.38. The monoisotopic (exact) mass is 393 g/mol. The van der Waals surface area contributed by atoms with Gasteiger partial charge in [-0.15, -0.1) is 0 Å². The topological polar surface area (TPSA) is 52.6 Å². The number of nitrogens with one attached hydrogen (secondary N) is 1. The van der Waals surface area contributed by atoms with Crippen molar-refractivity contribution in [2.45, 2.75) is 18.7 Å². The number of rotatable bonds is 5. The predicted octanol–water partition coefficient (Wildman–Crippen LogP) is 3.59. The van der Waals surface area contributed by atoms with Gasteiger partial charge in [0.15, 0.2) is 0 Å². The Morgan fingerprint density at radius 1 is 1.04 bits per heavy atom. The van der Waals surface area contributed by atoms with E-state index in [1.54, 1.807) is 12.1 Å². The summed E-state index contributed by atoms with van der Waals surface area (Å²) in [6.45, 7) is 9.37. The molecule has 1 aliphatic heterocycles. The number of sulfonamides is 1. The van der Waals surface area contributed by atoms with Crippen LogP contribution in [0.1, 0.15) is 12.5 Å². The average molecular weight is 394 g/mol. The summed E-state index contributed by atoms with van der Waals surface area (Å²) in [7, 11) is -3.62. The lowest BCUT2D eigenvalue weighted by molar-refractivity contribution is 0.271.